The van der Waals surface area contributed by atoms with Gasteiger partial charge >= 0.3 is 6.18 Å². The summed E-state index contributed by atoms with van der Waals surface area (Å²) in [5.41, 5.74) is 2.48. The summed E-state index contributed by atoms with van der Waals surface area (Å²) in [4.78, 5) is 24.7. The van der Waals surface area contributed by atoms with Crippen LogP contribution in [0.25, 0.3) is 0 Å². The summed E-state index contributed by atoms with van der Waals surface area (Å²) in [5.74, 6) is -0.514. The minimum absolute atomic E-state index is 0.231. The highest BCUT2D eigenvalue weighted by Gasteiger charge is 2.30. The zero-order valence-electron chi connectivity index (χ0n) is 15.9. The summed E-state index contributed by atoms with van der Waals surface area (Å²) in [6.45, 7) is 4.22. The van der Waals surface area contributed by atoms with Crippen molar-refractivity contribution in [2.24, 2.45) is 0 Å². The van der Waals surface area contributed by atoms with Crippen molar-refractivity contribution in [3.05, 3.63) is 99.0 Å². The van der Waals surface area contributed by atoms with Gasteiger partial charge in [0.2, 0.25) is 0 Å². The van der Waals surface area contributed by atoms with Gasteiger partial charge in [0.05, 0.1) is 17.7 Å². The molecular weight excluding hydrogens is 381 g/mol. The largest absolute Gasteiger partial charge is 0.416 e. The molecule has 1 N–H and O–H groups in total. The van der Waals surface area contributed by atoms with Crippen molar-refractivity contribution in [2.45, 2.75) is 26.6 Å². The summed E-state index contributed by atoms with van der Waals surface area (Å²) >= 11 is 0. The number of aryl methyl sites for hydroxylation is 2. The average molecular weight is 400 g/mol. The SMILES string of the molecule is Cc1ccc(C)c(Cn2cc(C(=O)Nc3ccc(C(F)(F)F)cc3)ccc2=O)c1. The first-order chi connectivity index (χ1) is 13.6. The first-order valence-corrected chi connectivity index (χ1v) is 8.89. The maximum atomic E-state index is 12.6. The van der Waals surface area contributed by atoms with Gasteiger partial charge in [-0.3, -0.25) is 9.59 Å². The van der Waals surface area contributed by atoms with E-state index in [4.69, 9.17) is 0 Å². The lowest BCUT2D eigenvalue weighted by Crippen LogP contribution is -2.23. The number of hydrogen-bond acceptors (Lipinski definition) is 2. The van der Waals surface area contributed by atoms with Crippen LogP contribution < -0.4 is 10.9 Å². The fraction of sp³-hybridized carbons (Fsp3) is 0.182. The van der Waals surface area contributed by atoms with Crippen molar-refractivity contribution >= 4 is 11.6 Å². The molecule has 3 aromatic rings. The summed E-state index contributed by atoms with van der Waals surface area (Å²) in [5, 5.41) is 2.55. The molecule has 7 heteroatoms. The highest BCUT2D eigenvalue weighted by atomic mass is 19.4. The molecule has 2 aromatic carbocycles. The molecule has 0 fully saturated rings. The maximum absolute atomic E-state index is 12.6. The number of nitrogens with zero attached hydrogens (tertiary/aromatic N) is 1. The molecule has 150 valence electrons. The number of alkyl halides is 3. The molecule has 1 heterocycles. The first kappa shape index (κ1) is 20.4. The number of hydrogen-bond donors (Lipinski definition) is 1. The van der Waals surface area contributed by atoms with E-state index in [-0.39, 0.29) is 16.8 Å². The maximum Gasteiger partial charge on any atom is 0.416 e. The fourth-order valence-corrected chi connectivity index (χ4v) is 2.89. The molecule has 0 aliphatic rings. The number of pyridine rings is 1. The molecular formula is C22H19F3N2O2. The third kappa shape index (κ3) is 4.93. The van der Waals surface area contributed by atoms with Crippen molar-refractivity contribution in [1.29, 1.82) is 0 Å². The zero-order chi connectivity index (χ0) is 21.2. The van der Waals surface area contributed by atoms with Gasteiger partial charge in [-0.15, -0.1) is 0 Å². The fourth-order valence-electron chi connectivity index (χ4n) is 2.89. The lowest BCUT2D eigenvalue weighted by Gasteiger charge is -2.12. The third-order valence-electron chi connectivity index (χ3n) is 4.56. The summed E-state index contributed by atoms with van der Waals surface area (Å²) < 4.78 is 39.4. The summed E-state index contributed by atoms with van der Waals surface area (Å²) in [7, 11) is 0. The second kappa shape index (κ2) is 7.95. The Morgan fingerprint density at radius 2 is 1.69 bits per heavy atom. The number of rotatable bonds is 4. The van der Waals surface area contributed by atoms with Crippen LogP contribution in [-0.2, 0) is 12.7 Å². The average Bonchev–Trinajstić information content (AvgIpc) is 2.66. The molecule has 1 aromatic heterocycles. The van der Waals surface area contributed by atoms with Gasteiger partial charge in [-0.1, -0.05) is 23.8 Å². The molecule has 1 amide bonds. The van der Waals surface area contributed by atoms with E-state index in [1.807, 2.05) is 32.0 Å². The predicted octanol–water partition coefficient (Wildman–Crippen LogP) is 4.78. The van der Waals surface area contributed by atoms with Gasteiger partial charge in [0.1, 0.15) is 0 Å². The number of carbonyl (C=O) groups is 1. The van der Waals surface area contributed by atoms with Crippen molar-refractivity contribution in [3.8, 4) is 0 Å². The van der Waals surface area contributed by atoms with Gasteiger partial charge in [0, 0.05) is 18.0 Å². The lowest BCUT2D eigenvalue weighted by molar-refractivity contribution is -0.137. The van der Waals surface area contributed by atoms with Crippen LogP contribution in [0.5, 0.6) is 0 Å². The molecule has 0 atom stereocenters. The standard InChI is InChI=1S/C22H19F3N2O2/c1-14-3-4-15(2)17(11-14)13-27-12-16(5-10-20(27)28)21(29)26-19-8-6-18(7-9-19)22(23,24)25/h3-12H,13H2,1-2H3,(H,26,29). The predicted molar refractivity (Wildman–Crippen MR) is 105 cm³/mol. The molecule has 0 unspecified atom stereocenters. The molecule has 0 bridgehead atoms. The van der Waals surface area contributed by atoms with E-state index in [9.17, 15) is 22.8 Å². The van der Waals surface area contributed by atoms with Crippen molar-refractivity contribution in [1.82, 2.24) is 4.57 Å². The van der Waals surface area contributed by atoms with Gasteiger partial charge in [-0.2, -0.15) is 13.2 Å². The Morgan fingerprint density at radius 3 is 2.34 bits per heavy atom. The number of benzene rings is 2. The van der Waals surface area contributed by atoms with Crippen LogP contribution in [0.15, 0.2) is 65.6 Å². The molecule has 0 saturated carbocycles. The van der Waals surface area contributed by atoms with Gasteiger partial charge in [0.15, 0.2) is 0 Å². The van der Waals surface area contributed by atoms with Gasteiger partial charge in [-0.05, 0) is 55.3 Å². The monoisotopic (exact) mass is 400 g/mol. The lowest BCUT2D eigenvalue weighted by atomic mass is 10.1. The van der Waals surface area contributed by atoms with Crippen LogP contribution in [0.1, 0.15) is 32.6 Å². The van der Waals surface area contributed by atoms with Crippen LogP contribution in [0.2, 0.25) is 0 Å². The topological polar surface area (TPSA) is 51.1 Å². The van der Waals surface area contributed by atoms with E-state index >= 15 is 0 Å². The van der Waals surface area contributed by atoms with E-state index in [1.165, 1.54) is 35.0 Å². The van der Waals surface area contributed by atoms with Crippen molar-refractivity contribution in [2.75, 3.05) is 5.32 Å². The number of anilines is 1. The molecule has 4 nitrogen and oxygen atoms in total. The van der Waals surface area contributed by atoms with Crippen molar-refractivity contribution < 1.29 is 18.0 Å². The summed E-state index contributed by atoms with van der Waals surface area (Å²) in [6.07, 6.45) is -2.99. The molecule has 0 radical (unpaired) electrons. The van der Waals surface area contributed by atoms with E-state index in [2.05, 4.69) is 5.32 Å². The Bertz CT molecular complexity index is 1100. The Morgan fingerprint density at radius 1 is 1.00 bits per heavy atom. The van der Waals surface area contributed by atoms with Gasteiger partial charge in [0.25, 0.3) is 11.5 Å². The third-order valence-corrected chi connectivity index (χ3v) is 4.56. The number of aromatic nitrogens is 1. The molecule has 0 aliphatic heterocycles. The zero-order valence-corrected chi connectivity index (χ0v) is 15.9. The van der Waals surface area contributed by atoms with E-state index in [0.717, 1.165) is 28.8 Å². The van der Waals surface area contributed by atoms with E-state index in [0.29, 0.717) is 6.54 Å². The molecule has 29 heavy (non-hydrogen) atoms. The number of amides is 1. The highest BCUT2D eigenvalue weighted by Crippen LogP contribution is 2.29. The Kier molecular flexibility index (Phi) is 5.59. The van der Waals surface area contributed by atoms with Crippen LogP contribution >= 0.6 is 0 Å². The minimum atomic E-state index is -4.44. The molecule has 3 rings (SSSR count). The number of nitrogens with one attached hydrogen (secondary N) is 1. The van der Waals surface area contributed by atoms with Crippen molar-refractivity contribution in [3.63, 3.8) is 0 Å². The Balaban J connectivity index is 1.80. The van der Waals surface area contributed by atoms with E-state index in [1.54, 1.807) is 0 Å². The molecule has 0 aliphatic carbocycles. The molecule has 0 spiro atoms. The normalized spacial score (nSPS) is 11.3. The minimum Gasteiger partial charge on any atom is -0.322 e. The highest BCUT2D eigenvalue weighted by molar-refractivity contribution is 6.04. The van der Waals surface area contributed by atoms with Crippen LogP contribution in [0.4, 0.5) is 18.9 Å². The van der Waals surface area contributed by atoms with Crippen LogP contribution in [0, 0.1) is 13.8 Å². The first-order valence-electron chi connectivity index (χ1n) is 8.89. The number of halogens is 3. The Hall–Kier alpha value is -3.35. The van der Waals surface area contributed by atoms with Crippen LogP contribution in [-0.4, -0.2) is 10.5 Å². The quantitative estimate of drug-likeness (QED) is 0.685. The smallest absolute Gasteiger partial charge is 0.322 e. The Labute approximate surface area is 165 Å². The summed E-state index contributed by atoms with van der Waals surface area (Å²) in [6, 6.07) is 12.8. The van der Waals surface area contributed by atoms with Gasteiger partial charge < -0.3 is 9.88 Å². The number of carbonyl (C=O) groups excluding carboxylic acids is 1. The van der Waals surface area contributed by atoms with Gasteiger partial charge in [-0.25, -0.2) is 0 Å². The molecule has 0 saturated heterocycles. The van der Waals surface area contributed by atoms with E-state index < -0.39 is 17.6 Å². The second-order valence-corrected chi connectivity index (χ2v) is 6.84. The van der Waals surface area contributed by atoms with Crippen LogP contribution in [0.3, 0.4) is 0 Å². The second-order valence-electron chi connectivity index (χ2n) is 6.84.